The number of hydrogen-bond donors (Lipinski definition) is 2. The molecule has 7 nitrogen and oxygen atoms in total. The summed E-state index contributed by atoms with van der Waals surface area (Å²) in [5.41, 5.74) is 3.95. The molecule has 0 bridgehead atoms. The van der Waals surface area contributed by atoms with Crippen LogP contribution >= 0.6 is 0 Å². The standard InChI is InChI=1S/C28H34N2O2.C3H6O3/c1-28(20-22-15-16-25(31-3)26(19-22)32-4)21-30(18-17-29(28)2)27(23-11-7-5-8-12-23)24-13-9-6-10-14-24;1-2(4)3(5)6/h5-16,19,27H,17-18,20-21H2,1-4H3;2,4H,1H3,(H,5,6). The second kappa shape index (κ2) is 13.4. The maximum absolute atomic E-state index is 9.45. The van der Waals surface area contributed by atoms with Gasteiger partial charge in [0.1, 0.15) is 6.10 Å². The molecule has 4 rings (SSSR count). The molecule has 1 fully saturated rings. The molecule has 0 spiro atoms. The Morgan fingerprint density at radius 2 is 1.45 bits per heavy atom. The van der Waals surface area contributed by atoms with Gasteiger partial charge in [-0.05, 0) is 56.1 Å². The van der Waals surface area contributed by atoms with E-state index in [1.165, 1.54) is 23.6 Å². The van der Waals surface area contributed by atoms with Crippen molar-refractivity contribution in [3.63, 3.8) is 0 Å². The van der Waals surface area contributed by atoms with Crippen LogP contribution in [0.3, 0.4) is 0 Å². The van der Waals surface area contributed by atoms with Crippen molar-refractivity contribution < 1.29 is 24.5 Å². The van der Waals surface area contributed by atoms with Crippen LogP contribution in [0, 0.1) is 0 Å². The lowest BCUT2D eigenvalue weighted by Gasteiger charge is -2.50. The summed E-state index contributed by atoms with van der Waals surface area (Å²) in [7, 11) is 5.62. The fourth-order valence-electron chi connectivity index (χ4n) is 4.91. The van der Waals surface area contributed by atoms with Gasteiger partial charge in [-0.2, -0.15) is 0 Å². The fourth-order valence-corrected chi connectivity index (χ4v) is 4.91. The highest BCUT2D eigenvalue weighted by atomic mass is 16.5. The van der Waals surface area contributed by atoms with E-state index in [0.29, 0.717) is 0 Å². The molecule has 0 aliphatic carbocycles. The molecule has 0 radical (unpaired) electrons. The maximum atomic E-state index is 9.45. The number of carbonyl (C=O) groups is 1. The van der Waals surface area contributed by atoms with E-state index in [1.54, 1.807) is 14.2 Å². The maximum Gasteiger partial charge on any atom is 0.332 e. The smallest absolute Gasteiger partial charge is 0.332 e. The quantitative estimate of drug-likeness (QED) is 0.453. The predicted molar refractivity (Wildman–Crippen MR) is 150 cm³/mol. The lowest BCUT2D eigenvalue weighted by molar-refractivity contribution is -0.145. The van der Waals surface area contributed by atoms with Gasteiger partial charge in [-0.1, -0.05) is 66.7 Å². The van der Waals surface area contributed by atoms with Crippen LogP contribution < -0.4 is 9.47 Å². The first kappa shape index (κ1) is 29.2. The molecule has 2 unspecified atom stereocenters. The number of rotatable bonds is 8. The molecular formula is C31H40N2O5. The van der Waals surface area contributed by atoms with Crippen molar-refractivity contribution in [3.05, 3.63) is 95.6 Å². The first-order chi connectivity index (χ1) is 18.2. The van der Waals surface area contributed by atoms with Crippen LogP contribution in [0.25, 0.3) is 0 Å². The van der Waals surface area contributed by atoms with Gasteiger partial charge in [0.2, 0.25) is 0 Å². The van der Waals surface area contributed by atoms with Crippen molar-refractivity contribution in [2.24, 2.45) is 0 Å². The summed E-state index contributed by atoms with van der Waals surface area (Å²) < 4.78 is 11.0. The van der Waals surface area contributed by atoms with Gasteiger partial charge in [0.05, 0.1) is 20.3 Å². The molecule has 2 atom stereocenters. The SMILES string of the molecule is CC(O)C(=O)O.COc1ccc(CC2(C)CN(C(c3ccccc3)c3ccccc3)CCN2C)cc1OC. The molecule has 1 aliphatic heterocycles. The number of hydrogen-bond acceptors (Lipinski definition) is 6. The number of piperazine rings is 1. The second-order valence-electron chi connectivity index (χ2n) is 9.99. The molecule has 1 heterocycles. The molecule has 3 aromatic rings. The first-order valence-corrected chi connectivity index (χ1v) is 12.9. The lowest BCUT2D eigenvalue weighted by atomic mass is 9.86. The zero-order valence-electron chi connectivity index (χ0n) is 23.0. The Bertz CT molecular complexity index is 1120. The highest BCUT2D eigenvalue weighted by Gasteiger charge is 2.38. The molecular weight excluding hydrogens is 480 g/mol. The molecule has 7 heteroatoms. The van der Waals surface area contributed by atoms with Crippen molar-refractivity contribution in [2.45, 2.75) is 38.0 Å². The zero-order chi connectivity index (χ0) is 27.7. The molecule has 1 saturated heterocycles. The number of benzene rings is 3. The van der Waals surface area contributed by atoms with Crippen molar-refractivity contribution in [2.75, 3.05) is 40.9 Å². The third kappa shape index (κ3) is 7.34. The van der Waals surface area contributed by atoms with Crippen molar-refractivity contribution in [3.8, 4) is 11.5 Å². The van der Waals surface area contributed by atoms with E-state index in [1.807, 2.05) is 6.07 Å². The van der Waals surface area contributed by atoms with Gasteiger partial charge in [-0.3, -0.25) is 9.80 Å². The molecule has 0 aromatic heterocycles. The van der Waals surface area contributed by atoms with Gasteiger partial charge in [0, 0.05) is 25.2 Å². The van der Waals surface area contributed by atoms with Crippen LogP contribution in [-0.2, 0) is 11.2 Å². The summed E-state index contributed by atoms with van der Waals surface area (Å²) in [4.78, 5) is 14.6. The summed E-state index contributed by atoms with van der Waals surface area (Å²) in [5.74, 6) is 0.374. The lowest BCUT2D eigenvalue weighted by Crippen LogP contribution is -2.60. The zero-order valence-corrected chi connectivity index (χ0v) is 23.0. The monoisotopic (exact) mass is 520 g/mol. The normalized spacial score (nSPS) is 18.8. The number of aliphatic carboxylic acids is 1. The van der Waals surface area contributed by atoms with Crippen LogP contribution in [0.5, 0.6) is 11.5 Å². The fraction of sp³-hybridized carbons (Fsp3) is 0.387. The summed E-state index contributed by atoms with van der Waals surface area (Å²) in [6.07, 6.45) is -0.290. The van der Waals surface area contributed by atoms with Crippen molar-refractivity contribution in [1.29, 1.82) is 0 Å². The Labute approximate surface area is 226 Å². The largest absolute Gasteiger partial charge is 0.493 e. The number of likely N-dealkylation sites (N-methyl/N-ethyl adjacent to an activating group) is 1. The van der Waals surface area contributed by atoms with Gasteiger partial charge in [0.15, 0.2) is 11.5 Å². The number of ether oxygens (including phenoxy) is 2. The van der Waals surface area contributed by atoms with Crippen molar-refractivity contribution in [1.82, 2.24) is 9.80 Å². The van der Waals surface area contributed by atoms with E-state index in [-0.39, 0.29) is 11.6 Å². The van der Waals surface area contributed by atoms with Crippen LogP contribution in [0.4, 0.5) is 0 Å². The van der Waals surface area contributed by atoms with Crippen LogP contribution in [-0.4, -0.2) is 78.5 Å². The molecule has 38 heavy (non-hydrogen) atoms. The Morgan fingerprint density at radius 1 is 0.921 bits per heavy atom. The third-order valence-electron chi connectivity index (χ3n) is 7.17. The minimum absolute atomic E-state index is 0.000337. The first-order valence-electron chi connectivity index (χ1n) is 12.9. The van der Waals surface area contributed by atoms with E-state index in [2.05, 4.69) is 96.6 Å². The predicted octanol–water partition coefficient (Wildman–Crippen LogP) is 4.49. The van der Waals surface area contributed by atoms with E-state index in [4.69, 9.17) is 19.7 Å². The number of methoxy groups -OCH3 is 2. The number of carboxylic acid groups (broad SMARTS) is 1. The van der Waals surface area contributed by atoms with Crippen LogP contribution in [0.2, 0.25) is 0 Å². The van der Waals surface area contributed by atoms with Crippen LogP contribution in [0.1, 0.15) is 36.6 Å². The van der Waals surface area contributed by atoms with Gasteiger partial charge in [0.25, 0.3) is 0 Å². The summed E-state index contributed by atoms with van der Waals surface area (Å²) in [6.45, 7) is 6.62. The number of aliphatic hydroxyl groups excluding tert-OH is 1. The minimum atomic E-state index is -1.23. The Balaban J connectivity index is 0.000000599. The third-order valence-corrected chi connectivity index (χ3v) is 7.17. The second-order valence-corrected chi connectivity index (χ2v) is 9.99. The molecule has 0 saturated carbocycles. The van der Waals surface area contributed by atoms with Gasteiger partial charge in [-0.15, -0.1) is 0 Å². The van der Waals surface area contributed by atoms with Gasteiger partial charge < -0.3 is 19.7 Å². The molecule has 2 N–H and O–H groups in total. The Morgan fingerprint density at radius 3 is 1.92 bits per heavy atom. The summed E-state index contributed by atoms with van der Waals surface area (Å²) >= 11 is 0. The topological polar surface area (TPSA) is 82.5 Å². The average Bonchev–Trinajstić information content (AvgIpc) is 2.92. The summed E-state index contributed by atoms with van der Waals surface area (Å²) in [6, 6.07) is 28.3. The number of carboxylic acids is 1. The molecule has 1 aliphatic rings. The van der Waals surface area contributed by atoms with E-state index in [0.717, 1.165) is 37.6 Å². The van der Waals surface area contributed by atoms with E-state index >= 15 is 0 Å². The summed E-state index contributed by atoms with van der Waals surface area (Å²) in [5, 5.41) is 15.8. The highest BCUT2D eigenvalue weighted by Crippen LogP contribution is 2.35. The molecule has 3 aromatic carbocycles. The Hall–Kier alpha value is -3.39. The van der Waals surface area contributed by atoms with Crippen LogP contribution in [0.15, 0.2) is 78.9 Å². The number of nitrogens with zero attached hydrogens (tertiary/aromatic N) is 2. The minimum Gasteiger partial charge on any atom is -0.493 e. The van der Waals surface area contributed by atoms with Crippen molar-refractivity contribution >= 4 is 5.97 Å². The van der Waals surface area contributed by atoms with Gasteiger partial charge >= 0.3 is 5.97 Å². The molecule has 204 valence electrons. The van der Waals surface area contributed by atoms with Gasteiger partial charge in [-0.25, -0.2) is 4.79 Å². The molecule has 0 amide bonds. The highest BCUT2D eigenvalue weighted by molar-refractivity contribution is 5.71. The number of aliphatic hydroxyl groups is 1. The average molecular weight is 521 g/mol. The van der Waals surface area contributed by atoms with E-state index < -0.39 is 12.1 Å². The van der Waals surface area contributed by atoms with E-state index in [9.17, 15) is 4.79 Å². The Kier molecular flexibility index (Phi) is 10.3.